The fourth-order valence-corrected chi connectivity index (χ4v) is 1.77. The highest BCUT2D eigenvalue weighted by Gasteiger charge is 2.14. The standard InChI is InChI=1S/C12H18N2O2/c13-8-11-2-1-3-12(14-11)16-9-10-4-6-15-7-5-10/h1-3,10H,4-9,13H2. The number of ether oxygens (including phenoxy) is 2. The van der Waals surface area contributed by atoms with Crippen molar-refractivity contribution in [1.29, 1.82) is 0 Å². The van der Waals surface area contributed by atoms with E-state index in [1.807, 2.05) is 18.2 Å². The number of aromatic nitrogens is 1. The number of nitrogens with two attached hydrogens (primary N) is 1. The van der Waals surface area contributed by atoms with Crippen LogP contribution in [0.25, 0.3) is 0 Å². The molecule has 1 aromatic rings. The lowest BCUT2D eigenvalue weighted by atomic mass is 10.0. The van der Waals surface area contributed by atoms with Crippen molar-refractivity contribution in [2.75, 3.05) is 19.8 Å². The molecule has 1 saturated heterocycles. The first-order chi connectivity index (χ1) is 7.88. The van der Waals surface area contributed by atoms with Crippen molar-refractivity contribution in [3.8, 4) is 5.88 Å². The zero-order valence-corrected chi connectivity index (χ0v) is 9.39. The molecule has 0 saturated carbocycles. The summed E-state index contributed by atoms with van der Waals surface area (Å²) in [4.78, 5) is 4.30. The summed E-state index contributed by atoms with van der Waals surface area (Å²) in [5, 5.41) is 0. The van der Waals surface area contributed by atoms with Gasteiger partial charge >= 0.3 is 0 Å². The largest absolute Gasteiger partial charge is 0.477 e. The molecule has 2 heterocycles. The van der Waals surface area contributed by atoms with Gasteiger partial charge in [-0.15, -0.1) is 0 Å². The maximum atomic E-state index is 5.67. The molecule has 1 aliphatic rings. The second-order valence-electron chi connectivity index (χ2n) is 4.04. The first kappa shape index (κ1) is 11.4. The molecular formula is C12H18N2O2. The Kier molecular flexibility index (Phi) is 4.13. The SMILES string of the molecule is NCc1cccc(OCC2CCOCC2)n1. The molecule has 0 radical (unpaired) electrons. The molecule has 0 unspecified atom stereocenters. The van der Waals surface area contributed by atoms with Crippen molar-refractivity contribution >= 4 is 0 Å². The van der Waals surface area contributed by atoms with Crippen LogP contribution in [0.1, 0.15) is 18.5 Å². The molecule has 0 spiro atoms. The van der Waals surface area contributed by atoms with Gasteiger partial charge in [0.15, 0.2) is 0 Å². The molecule has 2 N–H and O–H groups in total. The summed E-state index contributed by atoms with van der Waals surface area (Å²) in [6, 6.07) is 5.70. The lowest BCUT2D eigenvalue weighted by molar-refractivity contribution is 0.0490. The molecule has 2 rings (SSSR count). The van der Waals surface area contributed by atoms with Gasteiger partial charge in [0.25, 0.3) is 0 Å². The molecule has 0 amide bonds. The highest BCUT2D eigenvalue weighted by Crippen LogP contribution is 2.16. The van der Waals surface area contributed by atoms with Crippen molar-refractivity contribution in [3.63, 3.8) is 0 Å². The summed E-state index contributed by atoms with van der Waals surface area (Å²) >= 11 is 0. The van der Waals surface area contributed by atoms with Gasteiger partial charge in [0, 0.05) is 25.8 Å². The number of hydrogen-bond acceptors (Lipinski definition) is 4. The van der Waals surface area contributed by atoms with Crippen LogP contribution >= 0.6 is 0 Å². The van der Waals surface area contributed by atoms with Crippen molar-refractivity contribution in [1.82, 2.24) is 4.98 Å². The third-order valence-corrected chi connectivity index (χ3v) is 2.80. The van der Waals surface area contributed by atoms with Crippen LogP contribution in [0, 0.1) is 5.92 Å². The normalized spacial score (nSPS) is 17.3. The number of nitrogens with zero attached hydrogens (tertiary/aromatic N) is 1. The highest BCUT2D eigenvalue weighted by molar-refractivity contribution is 5.15. The van der Waals surface area contributed by atoms with Gasteiger partial charge in [-0.25, -0.2) is 4.98 Å². The quantitative estimate of drug-likeness (QED) is 0.835. The number of hydrogen-bond donors (Lipinski definition) is 1. The maximum Gasteiger partial charge on any atom is 0.213 e. The molecule has 0 bridgehead atoms. The second-order valence-corrected chi connectivity index (χ2v) is 4.04. The molecule has 0 aliphatic carbocycles. The monoisotopic (exact) mass is 222 g/mol. The van der Waals surface area contributed by atoms with Crippen LogP contribution < -0.4 is 10.5 Å². The summed E-state index contributed by atoms with van der Waals surface area (Å²) in [7, 11) is 0. The zero-order valence-electron chi connectivity index (χ0n) is 9.39. The highest BCUT2D eigenvalue weighted by atomic mass is 16.5. The molecular weight excluding hydrogens is 204 g/mol. The van der Waals surface area contributed by atoms with E-state index in [2.05, 4.69) is 4.98 Å². The van der Waals surface area contributed by atoms with Crippen LogP contribution in [0.2, 0.25) is 0 Å². The van der Waals surface area contributed by atoms with Gasteiger partial charge in [-0.1, -0.05) is 6.07 Å². The summed E-state index contributed by atoms with van der Waals surface area (Å²) in [6.07, 6.45) is 2.16. The van der Waals surface area contributed by atoms with Crippen molar-refractivity contribution in [2.45, 2.75) is 19.4 Å². The minimum Gasteiger partial charge on any atom is -0.477 e. The van der Waals surface area contributed by atoms with E-state index in [9.17, 15) is 0 Å². The van der Waals surface area contributed by atoms with Crippen molar-refractivity contribution in [2.24, 2.45) is 11.7 Å². The zero-order chi connectivity index (χ0) is 11.2. The predicted molar refractivity (Wildman–Crippen MR) is 61.2 cm³/mol. The fourth-order valence-electron chi connectivity index (χ4n) is 1.77. The van der Waals surface area contributed by atoms with Gasteiger partial charge < -0.3 is 15.2 Å². The van der Waals surface area contributed by atoms with E-state index in [-0.39, 0.29) is 0 Å². The van der Waals surface area contributed by atoms with E-state index >= 15 is 0 Å². The molecule has 88 valence electrons. The Labute approximate surface area is 95.8 Å². The van der Waals surface area contributed by atoms with E-state index in [0.29, 0.717) is 18.3 Å². The minimum absolute atomic E-state index is 0.453. The average Bonchev–Trinajstić information content (AvgIpc) is 2.38. The molecule has 1 fully saturated rings. The van der Waals surface area contributed by atoms with Gasteiger partial charge in [0.2, 0.25) is 5.88 Å². The molecule has 4 heteroatoms. The summed E-state index contributed by atoms with van der Waals surface area (Å²) in [6.45, 7) is 2.88. The molecule has 16 heavy (non-hydrogen) atoms. The lowest BCUT2D eigenvalue weighted by Gasteiger charge is -2.21. The van der Waals surface area contributed by atoms with Gasteiger partial charge in [0.1, 0.15) is 0 Å². The number of pyridine rings is 1. The lowest BCUT2D eigenvalue weighted by Crippen LogP contribution is -2.21. The van der Waals surface area contributed by atoms with Crippen LogP contribution in [0.3, 0.4) is 0 Å². The van der Waals surface area contributed by atoms with Gasteiger partial charge in [-0.3, -0.25) is 0 Å². The third-order valence-electron chi connectivity index (χ3n) is 2.80. The smallest absolute Gasteiger partial charge is 0.213 e. The van der Waals surface area contributed by atoms with Crippen molar-refractivity contribution in [3.05, 3.63) is 23.9 Å². The first-order valence-electron chi connectivity index (χ1n) is 5.75. The topological polar surface area (TPSA) is 57.4 Å². The first-order valence-corrected chi connectivity index (χ1v) is 5.75. The molecule has 1 aliphatic heterocycles. The van der Waals surface area contributed by atoms with Crippen LogP contribution in [0.15, 0.2) is 18.2 Å². The Morgan fingerprint density at radius 2 is 2.19 bits per heavy atom. The van der Waals surface area contributed by atoms with Crippen LogP contribution in [-0.4, -0.2) is 24.8 Å². The van der Waals surface area contributed by atoms with E-state index < -0.39 is 0 Å². The average molecular weight is 222 g/mol. The minimum atomic E-state index is 0.453. The van der Waals surface area contributed by atoms with Crippen LogP contribution in [-0.2, 0) is 11.3 Å². The van der Waals surface area contributed by atoms with E-state index in [1.54, 1.807) is 0 Å². The van der Waals surface area contributed by atoms with Crippen molar-refractivity contribution < 1.29 is 9.47 Å². The van der Waals surface area contributed by atoms with Crippen LogP contribution in [0.4, 0.5) is 0 Å². The van der Waals surface area contributed by atoms with Crippen LogP contribution in [0.5, 0.6) is 5.88 Å². The molecule has 0 atom stereocenters. The number of rotatable bonds is 4. The summed E-state index contributed by atoms with van der Waals surface area (Å²) in [5.41, 5.74) is 6.39. The molecule has 0 aromatic carbocycles. The maximum absolute atomic E-state index is 5.67. The summed E-state index contributed by atoms with van der Waals surface area (Å²) in [5.74, 6) is 1.27. The Hall–Kier alpha value is -1.13. The predicted octanol–water partition coefficient (Wildman–Crippen LogP) is 1.35. The Bertz CT molecular complexity index is 325. The van der Waals surface area contributed by atoms with Gasteiger partial charge in [-0.05, 0) is 24.8 Å². The van der Waals surface area contributed by atoms with Gasteiger partial charge in [-0.2, -0.15) is 0 Å². The molecule has 4 nitrogen and oxygen atoms in total. The van der Waals surface area contributed by atoms with E-state index in [0.717, 1.165) is 38.4 Å². The fraction of sp³-hybridized carbons (Fsp3) is 0.583. The van der Waals surface area contributed by atoms with E-state index in [4.69, 9.17) is 15.2 Å². The second kappa shape index (κ2) is 5.82. The molecule has 1 aromatic heterocycles. The third kappa shape index (κ3) is 3.18. The van der Waals surface area contributed by atoms with E-state index in [1.165, 1.54) is 0 Å². The summed E-state index contributed by atoms with van der Waals surface area (Å²) < 4.78 is 11.0. The Morgan fingerprint density at radius 1 is 1.38 bits per heavy atom. The Balaban J connectivity index is 1.83. The van der Waals surface area contributed by atoms with Gasteiger partial charge in [0.05, 0.1) is 12.3 Å². The Morgan fingerprint density at radius 3 is 2.94 bits per heavy atom.